The third kappa shape index (κ3) is 2.76. The molecule has 21 heavy (non-hydrogen) atoms. The molecule has 1 atom stereocenters. The Morgan fingerprint density at radius 3 is 2.86 bits per heavy atom. The third-order valence-corrected chi connectivity index (χ3v) is 4.18. The van der Waals surface area contributed by atoms with E-state index in [0.717, 1.165) is 15.7 Å². The van der Waals surface area contributed by atoms with Gasteiger partial charge >= 0.3 is 0 Å². The Balaban J connectivity index is 2.07. The van der Waals surface area contributed by atoms with Gasteiger partial charge < -0.3 is 4.90 Å². The first kappa shape index (κ1) is 14.0. The molecule has 0 saturated carbocycles. The number of halogens is 1. The van der Waals surface area contributed by atoms with Crippen LogP contribution in [0.25, 0.3) is 0 Å². The molecule has 2 heterocycles. The lowest BCUT2D eigenvalue weighted by molar-refractivity contribution is -0.127. The number of carbonyl (C=O) groups is 1. The van der Waals surface area contributed by atoms with Crippen LogP contribution in [0.15, 0.2) is 59.7 Å². The molecule has 1 aliphatic heterocycles. The molecule has 2 aromatic rings. The van der Waals surface area contributed by atoms with Crippen LogP contribution in [0.1, 0.15) is 22.7 Å². The van der Waals surface area contributed by atoms with Crippen molar-refractivity contribution >= 4 is 21.8 Å². The molecule has 0 fully saturated rings. The van der Waals surface area contributed by atoms with Crippen LogP contribution in [0, 0.1) is 0 Å². The van der Waals surface area contributed by atoms with Crippen LogP contribution in [0.5, 0.6) is 0 Å². The van der Waals surface area contributed by atoms with Gasteiger partial charge in [-0.2, -0.15) is 0 Å². The summed E-state index contributed by atoms with van der Waals surface area (Å²) in [4.78, 5) is 18.4. The predicted molar refractivity (Wildman–Crippen MR) is 85.8 cm³/mol. The second-order valence-corrected chi connectivity index (χ2v) is 6.00. The molecular weight excluding hydrogens is 328 g/mol. The standard InChI is InChI=1S/C17H15BrN2O/c1-2-16(21)20-10-13-8-14(18)9-19-17(13)15(11-20)12-6-4-3-5-7-12/h2-9,15H,1,10-11H2/t15-/m1/s1. The number of hydrogen-bond acceptors (Lipinski definition) is 2. The first-order chi connectivity index (χ1) is 10.2. The molecule has 1 aliphatic rings. The zero-order valence-electron chi connectivity index (χ0n) is 11.5. The van der Waals surface area contributed by atoms with E-state index in [0.29, 0.717) is 13.1 Å². The summed E-state index contributed by atoms with van der Waals surface area (Å²) < 4.78 is 0.931. The van der Waals surface area contributed by atoms with E-state index >= 15 is 0 Å². The Hall–Kier alpha value is -1.94. The van der Waals surface area contributed by atoms with Crippen molar-refractivity contribution in [3.8, 4) is 0 Å². The maximum atomic E-state index is 12.0. The number of carbonyl (C=O) groups excluding carboxylic acids is 1. The molecule has 0 radical (unpaired) electrons. The van der Waals surface area contributed by atoms with Gasteiger partial charge in [0.15, 0.2) is 0 Å². The summed E-state index contributed by atoms with van der Waals surface area (Å²) in [5.41, 5.74) is 3.31. The van der Waals surface area contributed by atoms with Gasteiger partial charge in [0.05, 0.1) is 5.69 Å². The Labute approximate surface area is 132 Å². The van der Waals surface area contributed by atoms with Gasteiger partial charge in [0, 0.05) is 29.7 Å². The van der Waals surface area contributed by atoms with Gasteiger partial charge in [-0.25, -0.2) is 0 Å². The second kappa shape index (κ2) is 5.82. The molecule has 0 N–H and O–H groups in total. The van der Waals surface area contributed by atoms with Gasteiger partial charge in [0.1, 0.15) is 0 Å². The summed E-state index contributed by atoms with van der Waals surface area (Å²) in [5.74, 6) is 0.0634. The smallest absolute Gasteiger partial charge is 0.246 e. The Morgan fingerprint density at radius 1 is 1.38 bits per heavy atom. The maximum Gasteiger partial charge on any atom is 0.246 e. The molecule has 3 rings (SSSR count). The lowest BCUT2D eigenvalue weighted by atomic mass is 9.88. The molecule has 0 saturated heterocycles. The fourth-order valence-electron chi connectivity index (χ4n) is 2.75. The Bertz CT molecular complexity index is 684. The highest BCUT2D eigenvalue weighted by atomic mass is 79.9. The van der Waals surface area contributed by atoms with E-state index in [4.69, 9.17) is 0 Å². The average molecular weight is 343 g/mol. The molecule has 3 nitrogen and oxygen atoms in total. The van der Waals surface area contributed by atoms with Crippen molar-refractivity contribution in [3.05, 3.63) is 76.5 Å². The van der Waals surface area contributed by atoms with Gasteiger partial charge in [-0.1, -0.05) is 36.9 Å². The van der Waals surface area contributed by atoms with Gasteiger partial charge in [0.25, 0.3) is 0 Å². The van der Waals surface area contributed by atoms with Crippen LogP contribution in [0.2, 0.25) is 0 Å². The molecule has 1 amide bonds. The zero-order chi connectivity index (χ0) is 14.8. The summed E-state index contributed by atoms with van der Waals surface area (Å²) in [5, 5.41) is 0. The lowest BCUT2D eigenvalue weighted by Gasteiger charge is -2.33. The number of rotatable bonds is 2. The minimum Gasteiger partial charge on any atom is -0.334 e. The van der Waals surface area contributed by atoms with Crippen molar-refractivity contribution < 1.29 is 4.79 Å². The van der Waals surface area contributed by atoms with E-state index < -0.39 is 0 Å². The summed E-state index contributed by atoms with van der Waals surface area (Å²) in [7, 11) is 0. The largest absolute Gasteiger partial charge is 0.334 e. The average Bonchev–Trinajstić information content (AvgIpc) is 2.53. The number of amides is 1. The first-order valence-corrected chi connectivity index (χ1v) is 7.59. The molecule has 0 spiro atoms. The van der Waals surface area contributed by atoms with E-state index in [9.17, 15) is 4.79 Å². The number of fused-ring (bicyclic) bond motifs is 1. The second-order valence-electron chi connectivity index (χ2n) is 5.08. The van der Waals surface area contributed by atoms with Gasteiger partial charge in [-0.15, -0.1) is 0 Å². The van der Waals surface area contributed by atoms with Crippen LogP contribution in [0.4, 0.5) is 0 Å². The fraction of sp³-hybridized carbons (Fsp3) is 0.176. The molecule has 4 heteroatoms. The molecule has 0 bridgehead atoms. The number of hydrogen-bond donors (Lipinski definition) is 0. The van der Waals surface area contributed by atoms with Crippen LogP contribution >= 0.6 is 15.9 Å². The summed E-state index contributed by atoms with van der Waals surface area (Å²) in [6.07, 6.45) is 3.19. The van der Waals surface area contributed by atoms with Crippen molar-refractivity contribution in [2.75, 3.05) is 6.54 Å². The Kier molecular flexibility index (Phi) is 3.88. The highest BCUT2D eigenvalue weighted by Crippen LogP contribution is 2.33. The monoisotopic (exact) mass is 342 g/mol. The van der Waals surface area contributed by atoms with Crippen LogP contribution in [-0.2, 0) is 11.3 Å². The first-order valence-electron chi connectivity index (χ1n) is 6.79. The molecule has 1 aromatic heterocycles. The van der Waals surface area contributed by atoms with E-state index in [1.807, 2.05) is 35.4 Å². The van der Waals surface area contributed by atoms with E-state index in [1.54, 1.807) is 0 Å². The molecule has 106 valence electrons. The van der Waals surface area contributed by atoms with Crippen LogP contribution in [0.3, 0.4) is 0 Å². The summed E-state index contributed by atoms with van der Waals surface area (Å²) >= 11 is 3.45. The van der Waals surface area contributed by atoms with Crippen molar-refractivity contribution in [3.63, 3.8) is 0 Å². The van der Waals surface area contributed by atoms with Crippen molar-refractivity contribution in [1.82, 2.24) is 9.88 Å². The van der Waals surface area contributed by atoms with Crippen molar-refractivity contribution in [2.45, 2.75) is 12.5 Å². The van der Waals surface area contributed by atoms with Gasteiger partial charge in [-0.05, 0) is 39.2 Å². The summed E-state index contributed by atoms with van der Waals surface area (Å²) in [6.45, 7) is 4.81. The molecule has 1 aromatic carbocycles. The summed E-state index contributed by atoms with van der Waals surface area (Å²) in [6, 6.07) is 12.2. The van der Waals surface area contributed by atoms with Crippen molar-refractivity contribution in [1.29, 1.82) is 0 Å². The molecule has 0 aliphatic carbocycles. The van der Waals surface area contributed by atoms with Gasteiger partial charge in [-0.3, -0.25) is 9.78 Å². The van der Waals surface area contributed by atoms with Crippen LogP contribution in [-0.4, -0.2) is 22.3 Å². The molecule has 0 unspecified atom stereocenters. The number of aromatic nitrogens is 1. The number of nitrogens with zero attached hydrogens (tertiary/aromatic N) is 2. The SMILES string of the molecule is C=CC(=O)N1Cc2cc(Br)cnc2[C@@H](c2ccccc2)C1. The highest BCUT2D eigenvalue weighted by molar-refractivity contribution is 9.10. The highest BCUT2D eigenvalue weighted by Gasteiger charge is 2.29. The minimum atomic E-state index is -0.0402. The van der Waals surface area contributed by atoms with E-state index in [1.165, 1.54) is 11.6 Å². The zero-order valence-corrected chi connectivity index (χ0v) is 13.1. The maximum absolute atomic E-state index is 12.0. The molecular formula is C17H15BrN2O. The van der Waals surface area contributed by atoms with Crippen molar-refractivity contribution in [2.24, 2.45) is 0 Å². The predicted octanol–water partition coefficient (Wildman–Crippen LogP) is 3.50. The Morgan fingerprint density at radius 2 is 2.14 bits per heavy atom. The van der Waals surface area contributed by atoms with E-state index in [2.05, 4.69) is 39.6 Å². The quantitative estimate of drug-likeness (QED) is 0.782. The number of benzene rings is 1. The normalized spacial score (nSPS) is 17.2. The minimum absolute atomic E-state index is 0.0402. The fourth-order valence-corrected chi connectivity index (χ4v) is 3.13. The lowest BCUT2D eigenvalue weighted by Crippen LogP contribution is -2.38. The van der Waals surface area contributed by atoms with Crippen LogP contribution < -0.4 is 0 Å². The third-order valence-electron chi connectivity index (χ3n) is 3.75. The number of pyridine rings is 1. The van der Waals surface area contributed by atoms with E-state index in [-0.39, 0.29) is 11.8 Å². The topological polar surface area (TPSA) is 33.2 Å². The van der Waals surface area contributed by atoms with Gasteiger partial charge in [0.2, 0.25) is 5.91 Å².